The van der Waals surface area contributed by atoms with Gasteiger partial charge >= 0.3 is 0 Å². The molecule has 0 amide bonds. The van der Waals surface area contributed by atoms with E-state index in [9.17, 15) is 8.42 Å². The number of hydrogen-bond acceptors (Lipinski definition) is 7. The lowest BCUT2D eigenvalue weighted by atomic mass is 10.0. The van der Waals surface area contributed by atoms with Crippen molar-refractivity contribution < 1.29 is 8.42 Å². The fourth-order valence-electron chi connectivity index (χ4n) is 3.05. The standard InChI is InChI=1S/C22H24N6O2S/c1-15-6-3-9-19(16(15)2)20-13-21(28-22(24)27-20)25-10-5-11-26-31(29,30)18-8-4-7-17(12-18)14-23/h3-4,6-9,12-13,26H,5,10-11H2,1-2H3,(H3,24,25,27,28). The Morgan fingerprint density at radius 2 is 1.84 bits per heavy atom. The molecule has 0 bridgehead atoms. The number of rotatable bonds is 8. The molecule has 1 heterocycles. The number of benzene rings is 2. The molecule has 160 valence electrons. The largest absolute Gasteiger partial charge is 0.370 e. The molecule has 1 aromatic heterocycles. The van der Waals surface area contributed by atoms with E-state index in [0.29, 0.717) is 24.3 Å². The van der Waals surface area contributed by atoms with Gasteiger partial charge in [-0.2, -0.15) is 10.2 Å². The lowest BCUT2D eigenvalue weighted by Gasteiger charge is -2.12. The molecule has 0 radical (unpaired) electrons. The zero-order valence-electron chi connectivity index (χ0n) is 17.4. The van der Waals surface area contributed by atoms with Crippen molar-refractivity contribution in [3.8, 4) is 17.3 Å². The Balaban J connectivity index is 1.59. The highest BCUT2D eigenvalue weighted by molar-refractivity contribution is 7.89. The van der Waals surface area contributed by atoms with Gasteiger partial charge in [-0.15, -0.1) is 0 Å². The summed E-state index contributed by atoms with van der Waals surface area (Å²) in [7, 11) is -3.67. The summed E-state index contributed by atoms with van der Waals surface area (Å²) in [5.74, 6) is 0.743. The first kappa shape index (κ1) is 22.2. The normalized spacial score (nSPS) is 11.1. The van der Waals surface area contributed by atoms with Crippen molar-refractivity contribution in [3.05, 3.63) is 65.2 Å². The molecular formula is C22H24N6O2S. The summed E-state index contributed by atoms with van der Waals surface area (Å²) >= 11 is 0. The number of aromatic nitrogens is 2. The average Bonchev–Trinajstić information content (AvgIpc) is 2.75. The van der Waals surface area contributed by atoms with Crippen LogP contribution in [0.15, 0.2) is 53.4 Å². The highest BCUT2D eigenvalue weighted by atomic mass is 32.2. The van der Waals surface area contributed by atoms with Crippen molar-refractivity contribution in [2.75, 3.05) is 24.1 Å². The minimum Gasteiger partial charge on any atom is -0.370 e. The van der Waals surface area contributed by atoms with E-state index in [4.69, 9.17) is 11.0 Å². The van der Waals surface area contributed by atoms with Crippen LogP contribution in [-0.4, -0.2) is 31.5 Å². The molecule has 0 fully saturated rings. The van der Waals surface area contributed by atoms with Crippen LogP contribution < -0.4 is 15.8 Å². The number of sulfonamides is 1. The molecule has 0 saturated heterocycles. The third kappa shape index (κ3) is 5.57. The number of nitriles is 1. The van der Waals surface area contributed by atoms with Crippen LogP contribution in [0, 0.1) is 25.2 Å². The maximum atomic E-state index is 12.4. The Labute approximate surface area is 182 Å². The first-order valence-electron chi connectivity index (χ1n) is 9.75. The van der Waals surface area contributed by atoms with Gasteiger partial charge in [0.05, 0.1) is 22.2 Å². The Morgan fingerprint density at radius 3 is 2.61 bits per heavy atom. The quantitative estimate of drug-likeness (QED) is 0.462. The van der Waals surface area contributed by atoms with Gasteiger partial charge in [-0.25, -0.2) is 18.1 Å². The highest BCUT2D eigenvalue weighted by Gasteiger charge is 2.14. The molecule has 31 heavy (non-hydrogen) atoms. The summed E-state index contributed by atoms with van der Waals surface area (Å²) < 4.78 is 27.3. The van der Waals surface area contributed by atoms with Crippen LogP contribution in [0.1, 0.15) is 23.1 Å². The third-order valence-electron chi connectivity index (χ3n) is 4.85. The number of anilines is 2. The van der Waals surface area contributed by atoms with E-state index in [1.165, 1.54) is 12.1 Å². The summed E-state index contributed by atoms with van der Waals surface area (Å²) in [6.07, 6.45) is 0.528. The number of aryl methyl sites for hydroxylation is 1. The molecule has 8 nitrogen and oxygen atoms in total. The van der Waals surface area contributed by atoms with E-state index in [0.717, 1.165) is 22.4 Å². The summed E-state index contributed by atoms with van der Waals surface area (Å²) in [5, 5.41) is 12.1. The highest BCUT2D eigenvalue weighted by Crippen LogP contribution is 2.26. The van der Waals surface area contributed by atoms with Gasteiger partial charge < -0.3 is 11.1 Å². The van der Waals surface area contributed by atoms with Gasteiger partial charge in [0.25, 0.3) is 0 Å². The van der Waals surface area contributed by atoms with Crippen molar-refractivity contribution in [1.29, 1.82) is 5.26 Å². The van der Waals surface area contributed by atoms with E-state index >= 15 is 0 Å². The smallest absolute Gasteiger partial charge is 0.240 e. The van der Waals surface area contributed by atoms with Crippen molar-refractivity contribution in [3.63, 3.8) is 0 Å². The van der Waals surface area contributed by atoms with Gasteiger partial charge in [-0.3, -0.25) is 0 Å². The molecule has 3 rings (SSSR count). The van der Waals surface area contributed by atoms with Crippen LogP contribution in [0.25, 0.3) is 11.3 Å². The fourth-order valence-corrected chi connectivity index (χ4v) is 4.17. The van der Waals surface area contributed by atoms with Crippen LogP contribution >= 0.6 is 0 Å². The maximum Gasteiger partial charge on any atom is 0.240 e. The van der Waals surface area contributed by atoms with Crippen LogP contribution in [0.3, 0.4) is 0 Å². The molecule has 0 unspecified atom stereocenters. The fraction of sp³-hybridized carbons (Fsp3) is 0.227. The van der Waals surface area contributed by atoms with Crippen molar-refractivity contribution >= 4 is 21.8 Å². The van der Waals surface area contributed by atoms with Gasteiger partial charge in [-0.1, -0.05) is 24.3 Å². The Kier molecular flexibility index (Phi) is 6.84. The van der Waals surface area contributed by atoms with Crippen LogP contribution in [0.5, 0.6) is 0 Å². The third-order valence-corrected chi connectivity index (χ3v) is 6.31. The molecule has 0 spiro atoms. The predicted molar refractivity (Wildman–Crippen MR) is 121 cm³/mol. The second-order valence-corrected chi connectivity index (χ2v) is 8.83. The number of nitrogens with one attached hydrogen (secondary N) is 2. The first-order valence-corrected chi connectivity index (χ1v) is 11.2. The number of nitrogens with two attached hydrogens (primary N) is 1. The number of nitrogens with zero attached hydrogens (tertiary/aromatic N) is 3. The first-order chi connectivity index (χ1) is 14.8. The van der Waals surface area contributed by atoms with Crippen LogP contribution in [0.4, 0.5) is 11.8 Å². The Morgan fingerprint density at radius 1 is 1.06 bits per heavy atom. The van der Waals surface area contributed by atoms with Gasteiger partial charge in [0.1, 0.15) is 5.82 Å². The predicted octanol–water partition coefficient (Wildman–Crippen LogP) is 2.99. The van der Waals surface area contributed by atoms with Crippen LogP contribution in [-0.2, 0) is 10.0 Å². The molecule has 0 atom stereocenters. The van der Waals surface area contributed by atoms with E-state index in [1.807, 2.05) is 44.2 Å². The number of hydrogen-bond donors (Lipinski definition) is 3. The van der Waals surface area contributed by atoms with Gasteiger partial charge in [-0.05, 0) is 49.6 Å². The zero-order chi connectivity index (χ0) is 22.4. The van der Waals surface area contributed by atoms with Crippen molar-refractivity contribution in [1.82, 2.24) is 14.7 Å². The average molecular weight is 437 g/mol. The molecule has 2 aromatic carbocycles. The topological polar surface area (TPSA) is 134 Å². The van der Waals surface area contributed by atoms with Crippen molar-refractivity contribution in [2.45, 2.75) is 25.2 Å². The van der Waals surface area contributed by atoms with Crippen LogP contribution in [0.2, 0.25) is 0 Å². The van der Waals surface area contributed by atoms with E-state index < -0.39 is 10.0 Å². The molecule has 0 saturated carbocycles. The van der Waals surface area contributed by atoms with E-state index in [1.54, 1.807) is 12.1 Å². The minimum absolute atomic E-state index is 0.0706. The summed E-state index contributed by atoms with van der Waals surface area (Å²) in [5.41, 5.74) is 10.2. The Hall–Kier alpha value is -3.48. The van der Waals surface area contributed by atoms with E-state index in [2.05, 4.69) is 20.0 Å². The van der Waals surface area contributed by atoms with Crippen molar-refractivity contribution in [2.24, 2.45) is 0 Å². The molecule has 0 aliphatic heterocycles. The lowest BCUT2D eigenvalue weighted by Crippen LogP contribution is -2.26. The summed E-state index contributed by atoms with van der Waals surface area (Å²) in [6.45, 7) is 4.80. The molecule has 9 heteroatoms. The maximum absolute atomic E-state index is 12.4. The molecular weight excluding hydrogens is 412 g/mol. The number of nitrogen functional groups attached to an aromatic ring is 1. The zero-order valence-corrected chi connectivity index (χ0v) is 18.2. The second kappa shape index (κ2) is 9.55. The molecule has 0 aliphatic carbocycles. The molecule has 3 aromatic rings. The van der Waals surface area contributed by atoms with E-state index in [-0.39, 0.29) is 17.4 Å². The second-order valence-electron chi connectivity index (χ2n) is 7.06. The summed E-state index contributed by atoms with van der Waals surface area (Å²) in [4.78, 5) is 8.62. The van der Waals surface area contributed by atoms with Gasteiger partial charge in [0.2, 0.25) is 16.0 Å². The summed E-state index contributed by atoms with van der Waals surface area (Å²) in [6, 6.07) is 15.7. The minimum atomic E-state index is -3.67. The van der Waals surface area contributed by atoms with Gasteiger partial charge in [0.15, 0.2) is 0 Å². The molecule has 4 N–H and O–H groups in total. The SMILES string of the molecule is Cc1cccc(-c2cc(NCCCNS(=O)(=O)c3cccc(C#N)c3)nc(N)n2)c1C. The molecule has 0 aliphatic rings. The van der Waals surface area contributed by atoms with Gasteiger partial charge in [0, 0.05) is 24.7 Å². The monoisotopic (exact) mass is 436 g/mol. The Bertz CT molecular complexity index is 1230. The lowest BCUT2D eigenvalue weighted by molar-refractivity contribution is 0.580.